The standard InChI is InChI=1S/C26H29N3O4/c1-17-28-25(29-33-17)16-27-26(30)19-7-10-21(11-8-19)31-22-12-14-24-20(15-22)9-13-23(32-24)18-5-3-2-4-6-18/h2-6,12,14-15,19,21,23H,7-11,13,16H2,1H3,(H,27,30)/t19-,21+,23?. The average Bonchev–Trinajstić information content (AvgIpc) is 3.28. The lowest BCUT2D eigenvalue weighted by molar-refractivity contribution is -0.126. The van der Waals surface area contributed by atoms with Crippen LogP contribution in [0.25, 0.3) is 0 Å². The fourth-order valence-corrected chi connectivity index (χ4v) is 4.70. The minimum atomic E-state index is 0.00435. The molecule has 1 aliphatic carbocycles. The Morgan fingerprint density at radius 1 is 1.09 bits per heavy atom. The lowest BCUT2D eigenvalue weighted by Gasteiger charge is -2.29. The van der Waals surface area contributed by atoms with Crippen molar-refractivity contribution in [1.29, 1.82) is 0 Å². The Morgan fingerprint density at radius 3 is 2.67 bits per heavy atom. The van der Waals surface area contributed by atoms with Crippen molar-refractivity contribution in [3.63, 3.8) is 0 Å². The predicted octanol–water partition coefficient (Wildman–Crippen LogP) is 4.70. The van der Waals surface area contributed by atoms with E-state index in [9.17, 15) is 4.79 Å². The summed E-state index contributed by atoms with van der Waals surface area (Å²) in [6.07, 6.45) is 5.53. The summed E-state index contributed by atoms with van der Waals surface area (Å²) in [5, 5.41) is 6.73. The van der Waals surface area contributed by atoms with Gasteiger partial charge in [-0.2, -0.15) is 4.98 Å². The van der Waals surface area contributed by atoms with Gasteiger partial charge >= 0.3 is 0 Å². The first-order valence-electron chi connectivity index (χ1n) is 11.7. The van der Waals surface area contributed by atoms with E-state index in [2.05, 4.69) is 45.8 Å². The molecule has 0 bridgehead atoms. The molecule has 1 fully saturated rings. The highest BCUT2D eigenvalue weighted by Crippen LogP contribution is 2.37. The number of rotatable bonds is 6. The van der Waals surface area contributed by atoms with Crippen LogP contribution in [0, 0.1) is 12.8 Å². The van der Waals surface area contributed by atoms with Gasteiger partial charge in [-0.3, -0.25) is 4.79 Å². The second-order valence-corrected chi connectivity index (χ2v) is 8.86. The number of nitrogens with one attached hydrogen (secondary N) is 1. The van der Waals surface area contributed by atoms with Crippen molar-refractivity contribution in [2.45, 2.75) is 64.2 Å². The van der Waals surface area contributed by atoms with Crippen LogP contribution in [0.5, 0.6) is 11.5 Å². The summed E-state index contributed by atoms with van der Waals surface area (Å²) in [4.78, 5) is 16.6. The molecule has 1 unspecified atom stereocenters. The van der Waals surface area contributed by atoms with Crippen molar-refractivity contribution in [1.82, 2.24) is 15.5 Å². The first kappa shape index (κ1) is 21.5. The van der Waals surface area contributed by atoms with Gasteiger partial charge in [0, 0.05) is 12.8 Å². The van der Waals surface area contributed by atoms with Crippen molar-refractivity contribution in [2.75, 3.05) is 0 Å². The largest absolute Gasteiger partial charge is 0.490 e. The number of ether oxygens (including phenoxy) is 2. The van der Waals surface area contributed by atoms with E-state index in [1.807, 2.05) is 18.2 Å². The molecule has 3 aromatic rings. The molecule has 0 radical (unpaired) electrons. The topological polar surface area (TPSA) is 86.5 Å². The van der Waals surface area contributed by atoms with E-state index in [1.54, 1.807) is 6.92 Å². The molecular formula is C26H29N3O4. The molecule has 1 N–H and O–H groups in total. The Bertz CT molecular complexity index is 1090. The van der Waals surface area contributed by atoms with Gasteiger partial charge in [-0.1, -0.05) is 35.5 Å². The van der Waals surface area contributed by atoms with Crippen LogP contribution in [-0.2, 0) is 17.8 Å². The molecule has 7 nitrogen and oxygen atoms in total. The highest BCUT2D eigenvalue weighted by molar-refractivity contribution is 5.78. The summed E-state index contributed by atoms with van der Waals surface area (Å²) in [7, 11) is 0. The number of fused-ring (bicyclic) bond motifs is 1. The number of benzene rings is 2. The van der Waals surface area contributed by atoms with Gasteiger partial charge in [0.2, 0.25) is 11.8 Å². The first-order valence-corrected chi connectivity index (χ1v) is 11.7. The van der Waals surface area contributed by atoms with Gasteiger partial charge in [-0.25, -0.2) is 0 Å². The zero-order valence-corrected chi connectivity index (χ0v) is 18.8. The molecule has 1 atom stereocenters. The molecule has 1 aromatic heterocycles. The Balaban J connectivity index is 1.11. The normalized spacial score (nSPS) is 22.2. The van der Waals surface area contributed by atoms with Crippen molar-refractivity contribution in [3.8, 4) is 11.5 Å². The summed E-state index contributed by atoms with van der Waals surface area (Å²) in [5.41, 5.74) is 2.42. The first-order chi connectivity index (χ1) is 16.1. The number of amides is 1. The van der Waals surface area contributed by atoms with Crippen LogP contribution in [0.1, 0.15) is 61.1 Å². The second kappa shape index (κ2) is 9.65. The van der Waals surface area contributed by atoms with E-state index in [0.29, 0.717) is 18.3 Å². The number of aryl methyl sites for hydroxylation is 2. The fourth-order valence-electron chi connectivity index (χ4n) is 4.70. The van der Waals surface area contributed by atoms with Gasteiger partial charge in [0.25, 0.3) is 0 Å². The van der Waals surface area contributed by atoms with Gasteiger partial charge in [-0.15, -0.1) is 0 Å². The molecule has 1 amide bonds. The monoisotopic (exact) mass is 447 g/mol. The molecule has 0 spiro atoms. The molecule has 172 valence electrons. The Hall–Kier alpha value is -3.35. The zero-order chi connectivity index (χ0) is 22.6. The molecule has 7 heteroatoms. The summed E-state index contributed by atoms with van der Waals surface area (Å²) < 4.78 is 17.5. The minimum Gasteiger partial charge on any atom is -0.490 e. The summed E-state index contributed by atoms with van der Waals surface area (Å²) in [6.45, 7) is 2.03. The summed E-state index contributed by atoms with van der Waals surface area (Å²) in [6, 6.07) is 16.5. The summed E-state index contributed by atoms with van der Waals surface area (Å²) in [5.74, 6) is 2.89. The van der Waals surface area contributed by atoms with Crippen LogP contribution < -0.4 is 14.8 Å². The van der Waals surface area contributed by atoms with Crippen molar-refractivity contribution in [2.24, 2.45) is 5.92 Å². The van der Waals surface area contributed by atoms with Crippen LogP contribution in [0.4, 0.5) is 0 Å². The number of hydrogen-bond acceptors (Lipinski definition) is 6. The van der Waals surface area contributed by atoms with Crippen molar-refractivity contribution in [3.05, 3.63) is 71.4 Å². The quantitative estimate of drug-likeness (QED) is 0.590. The van der Waals surface area contributed by atoms with Crippen LogP contribution in [-0.4, -0.2) is 22.2 Å². The van der Waals surface area contributed by atoms with E-state index in [0.717, 1.165) is 50.0 Å². The molecular weight excluding hydrogens is 418 g/mol. The van der Waals surface area contributed by atoms with E-state index in [4.69, 9.17) is 14.0 Å². The van der Waals surface area contributed by atoms with Gasteiger partial charge in [0.05, 0.1) is 12.6 Å². The molecule has 5 rings (SSSR count). The lowest BCUT2D eigenvalue weighted by Crippen LogP contribution is -2.35. The number of nitrogens with zero attached hydrogens (tertiary/aromatic N) is 2. The Morgan fingerprint density at radius 2 is 1.91 bits per heavy atom. The molecule has 1 saturated carbocycles. The predicted molar refractivity (Wildman–Crippen MR) is 122 cm³/mol. The summed E-state index contributed by atoms with van der Waals surface area (Å²) >= 11 is 0. The van der Waals surface area contributed by atoms with Gasteiger partial charge in [0.15, 0.2) is 5.82 Å². The van der Waals surface area contributed by atoms with E-state index < -0.39 is 0 Å². The van der Waals surface area contributed by atoms with Crippen molar-refractivity contribution >= 4 is 5.91 Å². The lowest BCUT2D eigenvalue weighted by atomic mass is 9.86. The third-order valence-corrected chi connectivity index (χ3v) is 6.49. The molecule has 0 saturated heterocycles. The molecule has 33 heavy (non-hydrogen) atoms. The second-order valence-electron chi connectivity index (χ2n) is 8.86. The number of carbonyl (C=O) groups excluding carboxylic acids is 1. The SMILES string of the molecule is Cc1nc(CNC(=O)[C@H]2CC[C@@H](Oc3ccc4c(c3)CCC(c3ccccc3)O4)CC2)no1. The molecule has 2 aromatic carbocycles. The third kappa shape index (κ3) is 5.18. The molecule has 1 aliphatic heterocycles. The van der Waals surface area contributed by atoms with Gasteiger partial charge < -0.3 is 19.3 Å². The van der Waals surface area contributed by atoms with Crippen LogP contribution in [0.3, 0.4) is 0 Å². The van der Waals surface area contributed by atoms with E-state index in [-0.39, 0.29) is 24.0 Å². The van der Waals surface area contributed by atoms with Crippen LogP contribution >= 0.6 is 0 Å². The number of carbonyl (C=O) groups is 1. The highest BCUT2D eigenvalue weighted by atomic mass is 16.5. The maximum atomic E-state index is 12.5. The molecule has 2 aliphatic rings. The Labute approximate surface area is 193 Å². The smallest absolute Gasteiger partial charge is 0.223 e. The van der Waals surface area contributed by atoms with E-state index in [1.165, 1.54) is 11.1 Å². The van der Waals surface area contributed by atoms with Gasteiger partial charge in [0.1, 0.15) is 17.6 Å². The highest BCUT2D eigenvalue weighted by Gasteiger charge is 2.28. The zero-order valence-electron chi connectivity index (χ0n) is 18.8. The van der Waals surface area contributed by atoms with Crippen LogP contribution in [0.2, 0.25) is 0 Å². The maximum Gasteiger partial charge on any atom is 0.223 e. The van der Waals surface area contributed by atoms with Crippen molar-refractivity contribution < 1.29 is 18.8 Å². The number of hydrogen-bond donors (Lipinski definition) is 1. The number of aromatic nitrogens is 2. The maximum absolute atomic E-state index is 12.5. The fraction of sp³-hybridized carbons (Fsp3) is 0.423. The van der Waals surface area contributed by atoms with Gasteiger partial charge in [-0.05, 0) is 67.9 Å². The minimum absolute atomic E-state index is 0.00435. The Kier molecular flexibility index (Phi) is 6.28. The third-order valence-electron chi connectivity index (χ3n) is 6.49. The van der Waals surface area contributed by atoms with E-state index >= 15 is 0 Å². The van der Waals surface area contributed by atoms with Crippen LogP contribution in [0.15, 0.2) is 53.1 Å². The molecule has 2 heterocycles. The average molecular weight is 448 g/mol.